The summed E-state index contributed by atoms with van der Waals surface area (Å²) in [7, 11) is -2.90. The van der Waals surface area contributed by atoms with Gasteiger partial charge in [0.25, 0.3) is 0 Å². The van der Waals surface area contributed by atoms with Crippen molar-refractivity contribution in [2.45, 2.75) is 19.4 Å². The van der Waals surface area contributed by atoms with E-state index in [9.17, 15) is 4.57 Å². The summed E-state index contributed by atoms with van der Waals surface area (Å²) in [6.07, 6.45) is 1.04. The highest BCUT2D eigenvalue weighted by Crippen LogP contribution is 2.56. The second-order valence-electron chi connectivity index (χ2n) is 7.14. The van der Waals surface area contributed by atoms with Crippen LogP contribution in [0.3, 0.4) is 0 Å². The van der Waals surface area contributed by atoms with Crippen LogP contribution < -0.4 is 10.6 Å². The van der Waals surface area contributed by atoms with E-state index in [0.29, 0.717) is 5.92 Å². The van der Waals surface area contributed by atoms with Crippen LogP contribution in [-0.2, 0) is 4.57 Å². The van der Waals surface area contributed by atoms with Gasteiger partial charge in [-0.25, -0.2) is 4.67 Å². The summed E-state index contributed by atoms with van der Waals surface area (Å²) in [5.41, 5.74) is 1.25. The Morgan fingerprint density at radius 1 is 0.769 bits per heavy atom. The zero-order chi connectivity index (χ0) is 18.0. The van der Waals surface area contributed by atoms with Crippen LogP contribution in [0, 0.1) is 5.92 Å². The molecular weight excluding hydrogens is 337 g/mol. The lowest BCUT2D eigenvalue weighted by Crippen LogP contribution is -2.32. The van der Waals surface area contributed by atoms with Crippen molar-refractivity contribution in [2.75, 3.05) is 6.54 Å². The van der Waals surface area contributed by atoms with Crippen molar-refractivity contribution in [3.8, 4) is 0 Å². The fourth-order valence-electron chi connectivity index (χ4n) is 4.02. The van der Waals surface area contributed by atoms with E-state index in [2.05, 4.69) is 35.9 Å². The Morgan fingerprint density at radius 3 is 1.73 bits per heavy atom. The van der Waals surface area contributed by atoms with Crippen LogP contribution in [0.25, 0.3) is 0 Å². The highest BCUT2D eigenvalue weighted by Gasteiger charge is 2.44. The van der Waals surface area contributed by atoms with Crippen LogP contribution in [0.15, 0.2) is 91.0 Å². The molecule has 3 aromatic carbocycles. The zero-order valence-electron chi connectivity index (χ0n) is 15.0. The van der Waals surface area contributed by atoms with Gasteiger partial charge < -0.3 is 0 Å². The SMILES string of the molecule is C[C@H]1C[C@H](c2ccccc2)N(P(=O)(c2ccccc2)c2ccccc2)C1. The van der Waals surface area contributed by atoms with E-state index in [1.807, 2.05) is 66.7 Å². The molecule has 0 amide bonds. The van der Waals surface area contributed by atoms with Crippen LogP contribution in [-0.4, -0.2) is 11.2 Å². The van der Waals surface area contributed by atoms with E-state index in [1.54, 1.807) is 0 Å². The van der Waals surface area contributed by atoms with Crippen LogP contribution in [0.4, 0.5) is 0 Å². The fourth-order valence-corrected chi connectivity index (χ4v) is 7.20. The number of benzene rings is 3. The number of rotatable bonds is 4. The van der Waals surface area contributed by atoms with Gasteiger partial charge in [0.05, 0.1) is 0 Å². The fraction of sp³-hybridized carbons (Fsp3) is 0.217. The Bertz CT molecular complexity index is 852. The summed E-state index contributed by atoms with van der Waals surface area (Å²) in [5, 5.41) is 1.84. The minimum Gasteiger partial charge on any atom is -0.296 e. The van der Waals surface area contributed by atoms with Gasteiger partial charge in [0.2, 0.25) is 7.29 Å². The van der Waals surface area contributed by atoms with Crippen molar-refractivity contribution in [3.05, 3.63) is 96.6 Å². The van der Waals surface area contributed by atoms with Crippen LogP contribution in [0.5, 0.6) is 0 Å². The third kappa shape index (κ3) is 3.05. The predicted molar refractivity (Wildman–Crippen MR) is 109 cm³/mol. The summed E-state index contributed by atoms with van der Waals surface area (Å²) in [6, 6.07) is 30.7. The Morgan fingerprint density at radius 2 is 1.23 bits per heavy atom. The minimum absolute atomic E-state index is 0.178. The van der Waals surface area contributed by atoms with Crippen LogP contribution >= 0.6 is 7.29 Å². The van der Waals surface area contributed by atoms with Gasteiger partial charge in [-0.3, -0.25) is 4.57 Å². The van der Waals surface area contributed by atoms with E-state index < -0.39 is 7.29 Å². The molecule has 0 unspecified atom stereocenters. The van der Waals surface area contributed by atoms with Gasteiger partial charge in [-0.2, -0.15) is 0 Å². The number of hydrogen-bond acceptors (Lipinski definition) is 1. The molecule has 132 valence electrons. The molecule has 26 heavy (non-hydrogen) atoms. The molecule has 3 heteroatoms. The van der Waals surface area contributed by atoms with Gasteiger partial charge in [-0.05, 0) is 42.2 Å². The summed E-state index contributed by atoms with van der Waals surface area (Å²) >= 11 is 0. The normalized spacial score (nSPS) is 21.0. The van der Waals surface area contributed by atoms with E-state index in [4.69, 9.17) is 0 Å². The molecule has 0 aromatic heterocycles. The molecule has 1 aliphatic rings. The van der Waals surface area contributed by atoms with E-state index in [-0.39, 0.29) is 6.04 Å². The molecule has 0 spiro atoms. The van der Waals surface area contributed by atoms with Crippen molar-refractivity contribution in [1.82, 2.24) is 4.67 Å². The van der Waals surface area contributed by atoms with Crippen molar-refractivity contribution in [3.63, 3.8) is 0 Å². The van der Waals surface area contributed by atoms with Gasteiger partial charge in [-0.1, -0.05) is 73.7 Å². The smallest absolute Gasteiger partial charge is 0.207 e. The van der Waals surface area contributed by atoms with Crippen LogP contribution in [0.1, 0.15) is 24.9 Å². The lowest BCUT2D eigenvalue weighted by atomic mass is 10.0. The number of nitrogens with zero attached hydrogens (tertiary/aromatic N) is 1. The molecular formula is C23H24NOP. The first-order valence-electron chi connectivity index (χ1n) is 9.23. The summed E-state index contributed by atoms with van der Waals surface area (Å²) in [5.74, 6) is 0.515. The third-order valence-electron chi connectivity index (χ3n) is 5.24. The highest BCUT2D eigenvalue weighted by molar-refractivity contribution is 7.76. The topological polar surface area (TPSA) is 20.3 Å². The summed E-state index contributed by atoms with van der Waals surface area (Å²) in [4.78, 5) is 0. The van der Waals surface area contributed by atoms with Crippen molar-refractivity contribution < 1.29 is 4.57 Å². The van der Waals surface area contributed by atoms with E-state index in [1.165, 1.54) is 5.56 Å². The van der Waals surface area contributed by atoms with Gasteiger partial charge in [0, 0.05) is 23.2 Å². The Labute approximate surface area is 155 Å². The second-order valence-corrected chi connectivity index (χ2v) is 9.84. The first kappa shape index (κ1) is 17.3. The quantitative estimate of drug-likeness (QED) is 0.610. The molecule has 0 saturated carbocycles. The first-order valence-corrected chi connectivity index (χ1v) is 10.9. The zero-order valence-corrected chi connectivity index (χ0v) is 15.9. The lowest BCUT2D eigenvalue weighted by Gasteiger charge is -2.34. The van der Waals surface area contributed by atoms with Crippen LogP contribution in [0.2, 0.25) is 0 Å². The molecule has 1 fully saturated rings. The average molecular weight is 361 g/mol. The van der Waals surface area contributed by atoms with Gasteiger partial charge in [0.15, 0.2) is 0 Å². The Kier molecular flexibility index (Phi) is 4.80. The molecule has 1 aliphatic heterocycles. The Balaban J connectivity index is 1.87. The summed E-state index contributed by atoms with van der Waals surface area (Å²) < 4.78 is 16.9. The molecule has 1 heterocycles. The van der Waals surface area contributed by atoms with E-state index >= 15 is 0 Å². The molecule has 0 aliphatic carbocycles. The standard InChI is InChI=1S/C23H24NOP/c1-19-17-23(20-11-5-2-6-12-20)24(18-19)26(25,21-13-7-3-8-14-21)22-15-9-4-10-16-22/h2-16,19,23H,17-18H2,1H3/t19-,23+/m0/s1. The van der Waals surface area contributed by atoms with Gasteiger partial charge >= 0.3 is 0 Å². The molecule has 3 aromatic rings. The molecule has 0 bridgehead atoms. The molecule has 2 atom stereocenters. The average Bonchev–Trinajstić information content (AvgIpc) is 3.11. The molecule has 1 saturated heterocycles. The molecule has 4 rings (SSSR count). The van der Waals surface area contributed by atoms with E-state index in [0.717, 1.165) is 23.6 Å². The highest BCUT2D eigenvalue weighted by atomic mass is 31.2. The Hall–Kier alpha value is -2.15. The maximum absolute atomic E-state index is 14.7. The molecule has 0 N–H and O–H groups in total. The monoisotopic (exact) mass is 361 g/mol. The predicted octanol–water partition coefficient (Wildman–Crippen LogP) is 5.00. The first-order chi connectivity index (χ1) is 12.7. The van der Waals surface area contributed by atoms with Crippen molar-refractivity contribution in [1.29, 1.82) is 0 Å². The summed E-state index contributed by atoms with van der Waals surface area (Å²) in [6.45, 7) is 3.11. The number of hydrogen-bond donors (Lipinski definition) is 0. The minimum atomic E-state index is -2.90. The largest absolute Gasteiger partial charge is 0.296 e. The van der Waals surface area contributed by atoms with Gasteiger partial charge in [0.1, 0.15) is 0 Å². The molecule has 2 nitrogen and oxygen atoms in total. The lowest BCUT2D eigenvalue weighted by molar-refractivity contribution is 0.404. The van der Waals surface area contributed by atoms with Crippen molar-refractivity contribution >= 4 is 17.9 Å². The van der Waals surface area contributed by atoms with Gasteiger partial charge in [-0.15, -0.1) is 0 Å². The maximum atomic E-state index is 14.7. The second kappa shape index (κ2) is 7.23. The maximum Gasteiger partial charge on any atom is 0.207 e. The van der Waals surface area contributed by atoms with Crippen molar-refractivity contribution in [2.24, 2.45) is 5.92 Å². The molecule has 0 radical (unpaired) electrons. The third-order valence-corrected chi connectivity index (χ3v) is 8.40.